The molecule has 0 aromatic rings. The Morgan fingerprint density at radius 3 is 2.62 bits per heavy atom. The molecule has 3 aliphatic rings. The third-order valence-corrected chi connectivity index (χ3v) is 6.05. The molecular weight excluding hydrogens is 306 g/mol. The highest BCUT2D eigenvalue weighted by Crippen LogP contribution is 2.42. The molecule has 1 amide bonds. The highest BCUT2D eigenvalue weighted by Gasteiger charge is 2.54. The summed E-state index contributed by atoms with van der Waals surface area (Å²) in [6.07, 6.45) is 1.96. The van der Waals surface area contributed by atoms with Gasteiger partial charge in [0.1, 0.15) is 0 Å². The number of carbonyl (C=O) groups excluding carboxylic acids is 1. The first kappa shape index (κ1) is 18.1. The van der Waals surface area contributed by atoms with Crippen LogP contribution in [-0.4, -0.2) is 98.9 Å². The van der Waals surface area contributed by atoms with Crippen molar-refractivity contribution >= 4 is 5.91 Å². The first-order chi connectivity index (χ1) is 11.7. The van der Waals surface area contributed by atoms with Crippen LogP contribution in [0.25, 0.3) is 0 Å². The first-order valence-corrected chi connectivity index (χ1v) is 9.63. The van der Waals surface area contributed by atoms with Crippen LogP contribution >= 0.6 is 0 Å². The Labute approximate surface area is 146 Å². The first-order valence-electron chi connectivity index (χ1n) is 9.63. The summed E-state index contributed by atoms with van der Waals surface area (Å²) in [4.78, 5) is 20.3. The molecule has 138 valence electrons. The lowest BCUT2D eigenvalue weighted by atomic mass is 9.75. The van der Waals surface area contributed by atoms with Gasteiger partial charge in [-0.15, -0.1) is 0 Å². The Morgan fingerprint density at radius 2 is 1.92 bits per heavy atom. The summed E-state index contributed by atoms with van der Waals surface area (Å²) in [5, 5.41) is 0. The smallest absolute Gasteiger partial charge is 0.232 e. The van der Waals surface area contributed by atoms with Crippen molar-refractivity contribution in [3.8, 4) is 0 Å². The molecule has 0 saturated carbocycles. The Bertz CT molecular complexity index is 424. The number of fused-ring (bicyclic) bond motifs is 1. The molecule has 3 heterocycles. The lowest BCUT2D eigenvalue weighted by Gasteiger charge is -2.45. The fourth-order valence-electron chi connectivity index (χ4n) is 4.43. The van der Waals surface area contributed by atoms with Crippen molar-refractivity contribution in [2.24, 2.45) is 5.41 Å². The van der Waals surface area contributed by atoms with E-state index >= 15 is 0 Å². The van der Waals surface area contributed by atoms with E-state index in [1.165, 1.54) is 0 Å². The number of nitrogens with zero attached hydrogens (tertiary/aromatic N) is 3. The lowest BCUT2D eigenvalue weighted by molar-refractivity contribution is -0.154. The molecule has 6 nitrogen and oxygen atoms in total. The minimum absolute atomic E-state index is 0.109. The average Bonchev–Trinajstić information content (AvgIpc) is 3.07. The lowest BCUT2D eigenvalue weighted by Crippen LogP contribution is -2.59. The van der Waals surface area contributed by atoms with Crippen molar-refractivity contribution in [3.05, 3.63) is 0 Å². The van der Waals surface area contributed by atoms with Gasteiger partial charge in [-0.25, -0.2) is 0 Å². The Hall–Kier alpha value is -0.690. The van der Waals surface area contributed by atoms with Crippen LogP contribution in [0.15, 0.2) is 0 Å². The number of amides is 1. The van der Waals surface area contributed by atoms with Crippen molar-refractivity contribution < 1.29 is 14.3 Å². The number of morpholine rings is 1. The SMILES string of the molecule is CCN(CC)CCN1CC[C@H]2OCC[C@@]2(C(=O)N2CCOCC2)C1. The zero-order valence-electron chi connectivity index (χ0n) is 15.3. The molecule has 3 saturated heterocycles. The molecule has 0 N–H and O–H groups in total. The third kappa shape index (κ3) is 3.62. The van der Waals surface area contributed by atoms with Gasteiger partial charge < -0.3 is 24.2 Å². The van der Waals surface area contributed by atoms with Crippen molar-refractivity contribution in [1.29, 1.82) is 0 Å². The number of carbonyl (C=O) groups is 1. The Kier molecular flexibility index (Phi) is 6.13. The van der Waals surface area contributed by atoms with Crippen LogP contribution in [0.5, 0.6) is 0 Å². The third-order valence-electron chi connectivity index (χ3n) is 6.05. The molecule has 3 aliphatic heterocycles. The molecule has 0 radical (unpaired) electrons. The summed E-state index contributed by atoms with van der Waals surface area (Å²) in [5.41, 5.74) is -0.321. The van der Waals surface area contributed by atoms with E-state index in [-0.39, 0.29) is 11.5 Å². The van der Waals surface area contributed by atoms with Gasteiger partial charge in [-0.2, -0.15) is 0 Å². The molecule has 2 atom stereocenters. The second-order valence-corrected chi connectivity index (χ2v) is 7.26. The van der Waals surface area contributed by atoms with E-state index < -0.39 is 0 Å². The number of hydrogen-bond acceptors (Lipinski definition) is 5. The van der Waals surface area contributed by atoms with Gasteiger partial charge in [0.2, 0.25) is 5.91 Å². The number of hydrogen-bond donors (Lipinski definition) is 0. The van der Waals surface area contributed by atoms with E-state index in [0.29, 0.717) is 19.1 Å². The van der Waals surface area contributed by atoms with Crippen LogP contribution in [0.1, 0.15) is 26.7 Å². The molecule has 6 heteroatoms. The van der Waals surface area contributed by atoms with Crippen molar-refractivity contribution in [2.75, 3.05) is 72.2 Å². The van der Waals surface area contributed by atoms with Gasteiger partial charge >= 0.3 is 0 Å². The molecule has 0 aromatic carbocycles. The minimum atomic E-state index is -0.321. The number of rotatable bonds is 6. The van der Waals surface area contributed by atoms with Crippen molar-refractivity contribution in [1.82, 2.24) is 14.7 Å². The average molecular weight is 339 g/mol. The molecule has 0 spiro atoms. The van der Waals surface area contributed by atoms with Gasteiger partial charge in [0, 0.05) is 45.9 Å². The molecule has 3 rings (SSSR count). The molecule has 24 heavy (non-hydrogen) atoms. The van der Waals surface area contributed by atoms with Crippen LogP contribution in [-0.2, 0) is 14.3 Å². The number of ether oxygens (including phenoxy) is 2. The molecular formula is C18H33N3O3. The molecule has 0 aromatic heterocycles. The summed E-state index contributed by atoms with van der Waals surface area (Å²) < 4.78 is 11.4. The van der Waals surface area contributed by atoms with Gasteiger partial charge in [-0.1, -0.05) is 13.8 Å². The van der Waals surface area contributed by atoms with Crippen LogP contribution < -0.4 is 0 Å². The molecule has 0 aliphatic carbocycles. The summed E-state index contributed by atoms with van der Waals surface area (Å²) in [6.45, 7) is 14.2. The van der Waals surface area contributed by atoms with Crippen LogP contribution in [0.4, 0.5) is 0 Å². The normalized spacial score (nSPS) is 31.5. The molecule has 0 unspecified atom stereocenters. The minimum Gasteiger partial charge on any atom is -0.378 e. The summed E-state index contributed by atoms with van der Waals surface area (Å²) >= 11 is 0. The van der Waals surface area contributed by atoms with E-state index in [4.69, 9.17) is 9.47 Å². The van der Waals surface area contributed by atoms with Gasteiger partial charge in [0.25, 0.3) is 0 Å². The molecule has 3 fully saturated rings. The predicted molar refractivity (Wildman–Crippen MR) is 93.0 cm³/mol. The second kappa shape index (κ2) is 8.13. The van der Waals surface area contributed by atoms with Gasteiger partial charge in [0.15, 0.2) is 0 Å². The van der Waals surface area contributed by atoms with Crippen molar-refractivity contribution in [2.45, 2.75) is 32.8 Å². The fraction of sp³-hybridized carbons (Fsp3) is 0.944. The fourth-order valence-corrected chi connectivity index (χ4v) is 4.43. The van der Waals surface area contributed by atoms with Gasteiger partial charge in [0.05, 0.1) is 24.7 Å². The van der Waals surface area contributed by atoms with E-state index in [0.717, 1.165) is 71.8 Å². The van der Waals surface area contributed by atoms with E-state index in [9.17, 15) is 4.79 Å². The number of piperidine rings is 1. The quantitative estimate of drug-likeness (QED) is 0.712. The largest absolute Gasteiger partial charge is 0.378 e. The maximum absolute atomic E-state index is 13.3. The van der Waals surface area contributed by atoms with E-state index in [2.05, 4.69) is 23.6 Å². The highest BCUT2D eigenvalue weighted by atomic mass is 16.5. The summed E-state index contributed by atoms with van der Waals surface area (Å²) in [7, 11) is 0. The summed E-state index contributed by atoms with van der Waals surface area (Å²) in [5.74, 6) is 0.306. The Balaban J connectivity index is 1.65. The summed E-state index contributed by atoms with van der Waals surface area (Å²) in [6, 6.07) is 0. The van der Waals surface area contributed by atoms with Crippen LogP contribution in [0.3, 0.4) is 0 Å². The van der Waals surface area contributed by atoms with E-state index in [1.807, 2.05) is 4.90 Å². The second-order valence-electron chi connectivity index (χ2n) is 7.26. The van der Waals surface area contributed by atoms with Gasteiger partial charge in [-0.3, -0.25) is 4.79 Å². The number of likely N-dealkylation sites (tertiary alicyclic amines) is 1. The zero-order chi connectivity index (χ0) is 17.0. The zero-order valence-corrected chi connectivity index (χ0v) is 15.3. The monoisotopic (exact) mass is 339 g/mol. The van der Waals surface area contributed by atoms with Crippen LogP contribution in [0.2, 0.25) is 0 Å². The van der Waals surface area contributed by atoms with Crippen LogP contribution in [0, 0.1) is 5.41 Å². The standard InChI is InChI=1S/C18H33N3O3/c1-3-19(4-2)8-9-20-7-5-16-18(15-20,6-12-24-16)17(22)21-10-13-23-14-11-21/h16H,3-15H2,1-2H3/t16-,18-/m1/s1. The van der Waals surface area contributed by atoms with Gasteiger partial charge in [-0.05, 0) is 25.9 Å². The van der Waals surface area contributed by atoms with E-state index in [1.54, 1.807) is 0 Å². The van der Waals surface area contributed by atoms with Crippen molar-refractivity contribution in [3.63, 3.8) is 0 Å². The molecule has 0 bridgehead atoms. The topological polar surface area (TPSA) is 45.2 Å². The highest BCUT2D eigenvalue weighted by molar-refractivity contribution is 5.84. The maximum Gasteiger partial charge on any atom is 0.232 e. The maximum atomic E-state index is 13.3. The number of likely N-dealkylation sites (N-methyl/N-ethyl adjacent to an activating group) is 1. The Morgan fingerprint density at radius 1 is 1.17 bits per heavy atom. The predicted octanol–water partition coefficient (Wildman–Crippen LogP) is 0.668.